The van der Waals surface area contributed by atoms with Crippen molar-refractivity contribution in [3.05, 3.63) is 28.6 Å². The number of aromatic nitrogens is 1. The average Bonchev–Trinajstić information content (AvgIpc) is 2.27. The number of anilines is 1. The first-order valence-electron chi connectivity index (χ1n) is 5.46. The minimum Gasteiger partial charge on any atom is -0.481 e. The third-order valence-corrected chi connectivity index (χ3v) is 1.90. The van der Waals surface area contributed by atoms with Gasteiger partial charge in [0.05, 0.1) is 17.5 Å². The maximum Gasteiger partial charge on any atom is 0.397 e. The van der Waals surface area contributed by atoms with E-state index in [0.29, 0.717) is 23.2 Å². The van der Waals surface area contributed by atoms with Gasteiger partial charge in [-0.15, -0.1) is 0 Å². The van der Waals surface area contributed by atoms with Gasteiger partial charge in [-0.1, -0.05) is 0 Å². The van der Waals surface area contributed by atoms with Crippen LogP contribution in [-0.2, 0) is 4.79 Å². The van der Waals surface area contributed by atoms with Crippen LogP contribution in [0.5, 0.6) is 6.08 Å². The van der Waals surface area contributed by atoms with Crippen LogP contribution in [0, 0.1) is 0 Å². The van der Waals surface area contributed by atoms with Gasteiger partial charge in [-0.25, -0.2) is 4.79 Å². The molecule has 19 heavy (non-hydrogen) atoms. The smallest absolute Gasteiger partial charge is 0.397 e. The summed E-state index contributed by atoms with van der Waals surface area (Å²) in [5.41, 5.74) is 6.14. The van der Waals surface area contributed by atoms with Crippen molar-refractivity contribution in [2.75, 3.05) is 12.3 Å². The van der Waals surface area contributed by atoms with Crippen molar-refractivity contribution in [1.29, 1.82) is 0 Å². The second-order valence-electron chi connectivity index (χ2n) is 3.50. The summed E-state index contributed by atoms with van der Waals surface area (Å²) in [5, 5.41) is 7.81. The van der Waals surface area contributed by atoms with Crippen molar-refractivity contribution in [3.63, 3.8) is 0 Å². The number of benzene rings is 1. The number of aliphatic carboxylic acids is 1. The monoisotopic (exact) mass is 266 g/mol. The van der Waals surface area contributed by atoms with Crippen LogP contribution >= 0.6 is 0 Å². The molecule has 0 radical (unpaired) electrons. The molecule has 0 aliphatic carbocycles. The first-order chi connectivity index (χ1) is 8.93. The second kappa shape index (κ2) is 6.39. The minimum atomic E-state index is -0.833. The highest BCUT2D eigenvalue weighted by Crippen LogP contribution is 2.15. The van der Waals surface area contributed by atoms with Crippen molar-refractivity contribution in [2.45, 2.75) is 13.8 Å². The quantitative estimate of drug-likeness (QED) is 0.786. The van der Waals surface area contributed by atoms with Crippen LogP contribution in [0.3, 0.4) is 0 Å². The van der Waals surface area contributed by atoms with Gasteiger partial charge in [0, 0.05) is 12.6 Å². The average molecular weight is 266 g/mol. The number of carbonyl (C=O) groups is 1. The summed E-state index contributed by atoms with van der Waals surface area (Å²) >= 11 is 0. The van der Waals surface area contributed by atoms with E-state index in [0.717, 1.165) is 6.92 Å². The van der Waals surface area contributed by atoms with Crippen molar-refractivity contribution in [2.24, 2.45) is 0 Å². The molecule has 7 nitrogen and oxygen atoms in total. The number of hydrogen-bond donors (Lipinski definition) is 2. The minimum absolute atomic E-state index is 0.0272. The Balaban J connectivity index is 0.000000399. The second-order valence-corrected chi connectivity index (χ2v) is 3.50. The summed E-state index contributed by atoms with van der Waals surface area (Å²) in [7, 11) is 0. The fraction of sp³-hybridized carbons (Fsp3) is 0.250. The molecule has 0 aliphatic rings. The highest BCUT2D eigenvalue weighted by molar-refractivity contribution is 5.80. The van der Waals surface area contributed by atoms with Gasteiger partial charge < -0.3 is 20.0 Å². The van der Waals surface area contributed by atoms with Gasteiger partial charge in [-0.05, 0) is 25.1 Å². The van der Waals surface area contributed by atoms with Crippen LogP contribution in [0.2, 0.25) is 0 Å². The van der Waals surface area contributed by atoms with Gasteiger partial charge in [0.2, 0.25) is 0 Å². The Morgan fingerprint density at radius 1 is 1.53 bits per heavy atom. The van der Waals surface area contributed by atoms with E-state index in [-0.39, 0.29) is 6.08 Å². The predicted molar refractivity (Wildman–Crippen MR) is 69.2 cm³/mol. The number of nitrogens with zero attached hydrogens (tertiary/aromatic N) is 1. The number of nitrogen functional groups attached to an aromatic ring is 1. The lowest BCUT2D eigenvalue weighted by Crippen LogP contribution is -2.05. The fourth-order valence-corrected chi connectivity index (χ4v) is 1.25. The third-order valence-electron chi connectivity index (χ3n) is 1.90. The molecular weight excluding hydrogens is 252 g/mol. The van der Waals surface area contributed by atoms with E-state index in [4.69, 9.17) is 24.8 Å². The Morgan fingerprint density at radius 3 is 2.74 bits per heavy atom. The van der Waals surface area contributed by atoms with Crippen molar-refractivity contribution in [3.8, 4) is 6.08 Å². The zero-order valence-electron chi connectivity index (χ0n) is 10.5. The van der Waals surface area contributed by atoms with Crippen LogP contribution in [0.25, 0.3) is 10.9 Å². The third kappa shape index (κ3) is 4.30. The Bertz CT molecular complexity index is 632. The van der Waals surface area contributed by atoms with Crippen LogP contribution in [-0.4, -0.2) is 22.7 Å². The van der Waals surface area contributed by atoms with Crippen molar-refractivity contribution >= 4 is 22.6 Å². The summed E-state index contributed by atoms with van der Waals surface area (Å²) in [6, 6.07) is 4.81. The molecule has 0 saturated heterocycles. The van der Waals surface area contributed by atoms with E-state index >= 15 is 0 Å². The first-order valence-corrected chi connectivity index (χ1v) is 5.46. The van der Waals surface area contributed by atoms with Gasteiger partial charge in [0.1, 0.15) is 0 Å². The van der Waals surface area contributed by atoms with Crippen LogP contribution < -0.4 is 16.1 Å². The van der Waals surface area contributed by atoms with Gasteiger partial charge in [-0.2, -0.15) is 4.98 Å². The molecule has 0 spiro atoms. The van der Waals surface area contributed by atoms with Gasteiger partial charge in [-0.3, -0.25) is 4.79 Å². The largest absolute Gasteiger partial charge is 0.481 e. The van der Waals surface area contributed by atoms with E-state index in [1.54, 1.807) is 25.1 Å². The molecule has 0 saturated carbocycles. The zero-order valence-corrected chi connectivity index (χ0v) is 10.5. The Morgan fingerprint density at radius 2 is 2.16 bits per heavy atom. The molecule has 0 bridgehead atoms. The van der Waals surface area contributed by atoms with Gasteiger partial charge in [0.25, 0.3) is 5.97 Å². The Hall–Kier alpha value is -2.57. The van der Waals surface area contributed by atoms with E-state index in [9.17, 15) is 4.79 Å². The summed E-state index contributed by atoms with van der Waals surface area (Å²) in [6.07, 6.45) is -0.0272. The summed E-state index contributed by atoms with van der Waals surface area (Å²) in [4.78, 5) is 24.5. The molecule has 2 rings (SSSR count). The van der Waals surface area contributed by atoms with Crippen molar-refractivity contribution in [1.82, 2.24) is 4.98 Å². The lowest BCUT2D eigenvalue weighted by atomic mass is 10.2. The molecule has 0 unspecified atom stereocenters. The highest BCUT2D eigenvalue weighted by atomic mass is 16.6. The molecule has 0 aliphatic heterocycles. The number of fused-ring (bicyclic) bond motifs is 1. The Kier molecular flexibility index (Phi) is 4.87. The molecule has 1 aromatic heterocycles. The summed E-state index contributed by atoms with van der Waals surface area (Å²) in [6.45, 7) is 3.26. The highest BCUT2D eigenvalue weighted by Gasteiger charge is 2.06. The molecule has 0 fully saturated rings. The molecular formula is C12H14N2O5. The normalized spacial score (nSPS) is 9.58. The molecule has 1 aromatic carbocycles. The lowest BCUT2D eigenvalue weighted by Gasteiger charge is -2.01. The van der Waals surface area contributed by atoms with E-state index in [1.807, 2.05) is 0 Å². The van der Waals surface area contributed by atoms with Crippen LogP contribution in [0.4, 0.5) is 5.69 Å². The number of hydrogen-bond acceptors (Lipinski definition) is 6. The standard InChI is InChI=1S/C10H10N2O3.C2H4O2/c1-2-14-10-12-8-5-6(11)3-4-7(8)9(13)15-10;1-2(3)4/h3-5H,2,11H2,1H3;1H3,(H,3,4). The molecule has 0 amide bonds. The van der Waals surface area contributed by atoms with Gasteiger partial charge in [0.15, 0.2) is 0 Å². The molecule has 7 heteroatoms. The fourth-order valence-electron chi connectivity index (χ4n) is 1.25. The SMILES string of the molecule is CC(=O)O.CCOc1nc2cc(N)ccc2c(=O)o1. The molecule has 102 valence electrons. The zero-order chi connectivity index (χ0) is 14.4. The van der Waals surface area contributed by atoms with Gasteiger partial charge >= 0.3 is 11.7 Å². The molecule has 2 aromatic rings. The van der Waals surface area contributed by atoms with E-state index in [2.05, 4.69) is 4.98 Å². The number of carboxylic acid groups (broad SMARTS) is 1. The predicted octanol–water partition coefficient (Wildman–Crippen LogP) is 1.26. The lowest BCUT2D eigenvalue weighted by molar-refractivity contribution is -0.134. The maximum absolute atomic E-state index is 11.5. The number of nitrogens with two attached hydrogens (primary N) is 1. The molecule has 0 atom stereocenters. The number of rotatable bonds is 2. The topological polar surface area (TPSA) is 116 Å². The number of ether oxygens (including phenoxy) is 1. The van der Waals surface area contributed by atoms with Crippen LogP contribution in [0.15, 0.2) is 27.4 Å². The summed E-state index contributed by atoms with van der Waals surface area (Å²) < 4.78 is 9.86. The summed E-state index contributed by atoms with van der Waals surface area (Å²) in [5.74, 6) is -0.833. The molecule has 3 N–H and O–H groups in total. The Labute approximate surface area is 108 Å². The first kappa shape index (κ1) is 14.5. The number of carboxylic acids is 1. The molecule has 1 heterocycles. The van der Waals surface area contributed by atoms with Crippen LogP contribution in [0.1, 0.15) is 13.8 Å². The van der Waals surface area contributed by atoms with E-state index < -0.39 is 11.6 Å². The van der Waals surface area contributed by atoms with Crippen molar-refractivity contribution < 1.29 is 19.1 Å². The van der Waals surface area contributed by atoms with E-state index in [1.165, 1.54) is 0 Å². The maximum atomic E-state index is 11.5.